The van der Waals surface area contributed by atoms with E-state index in [1.54, 1.807) is 6.92 Å². The normalized spacial score (nSPS) is 27.3. The van der Waals surface area contributed by atoms with Crippen LogP contribution >= 0.6 is 0 Å². The van der Waals surface area contributed by atoms with Crippen LogP contribution in [0.3, 0.4) is 0 Å². The SMILES string of the molecule is C#CC1(C)COS(=O)(=O)OC1. The lowest BCUT2D eigenvalue weighted by Gasteiger charge is -2.26. The Balaban J connectivity index is 2.71. The van der Waals surface area contributed by atoms with Crippen LogP contribution in [0.4, 0.5) is 0 Å². The zero-order valence-corrected chi connectivity index (χ0v) is 6.85. The molecule has 0 aromatic rings. The highest BCUT2D eigenvalue weighted by molar-refractivity contribution is 7.81. The van der Waals surface area contributed by atoms with Gasteiger partial charge in [0.25, 0.3) is 0 Å². The minimum atomic E-state index is -3.76. The van der Waals surface area contributed by atoms with Crippen LogP contribution in [0.5, 0.6) is 0 Å². The molecule has 0 saturated carbocycles. The number of rotatable bonds is 0. The second kappa shape index (κ2) is 2.48. The molecule has 0 N–H and O–H groups in total. The van der Waals surface area contributed by atoms with Crippen LogP contribution in [0.2, 0.25) is 0 Å². The fourth-order valence-corrected chi connectivity index (χ4v) is 1.44. The molecule has 0 aromatic heterocycles. The highest BCUT2D eigenvalue weighted by atomic mass is 32.3. The summed E-state index contributed by atoms with van der Waals surface area (Å²) in [7, 11) is -3.76. The van der Waals surface area contributed by atoms with Crippen LogP contribution in [0.1, 0.15) is 6.92 Å². The molecule has 0 spiro atoms. The maximum absolute atomic E-state index is 10.5. The van der Waals surface area contributed by atoms with Crippen molar-refractivity contribution in [3.8, 4) is 12.3 Å². The third kappa shape index (κ3) is 1.93. The Morgan fingerprint density at radius 1 is 1.45 bits per heavy atom. The van der Waals surface area contributed by atoms with E-state index in [1.807, 2.05) is 0 Å². The molecule has 1 saturated heterocycles. The molecule has 1 rings (SSSR count). The van der Waals surface area contributed by atoms with Crippen LogP contribution in [-0.2, 0) is 18.8 Å². The largest absolute Gasteiger partial charge is 0.399 e. The van der Waals surface area contributed by atoms with Crippen molar-refractivity contribution >= 4 is 10.4 Å². The molecule has 1 aliphatic rings. The van der Waals surface area contributed by atoms with Crippen molar-refractivity contribution in [1.29, 1.82) is 0 Å². The molecule has 0 unspecified atom stereocenters. The van der Waals surface area contributed by atoms with Gasteiger partial charge in [0.15, 0.2) is 0 Å². The summed E-state index contributed by atoms with van der Waals surface area (Å²) in [5, 5.41) is 0. The van der Waals surface area contributed by atoms with Gasteiger partial charge in [-0.2, -0.15) is 8.42 Å². The Labute approximate surface area is 65.8 Å². The first-order valence-electron chi connectivity index (χ1n) is 2.99. The molecule has 0 aliphatic carbocycles. The predicted octanol–water partition coefficient (Wildman–Crippen LogP) is -0.0825. The summed E-state index contributed by atoms with van der Waals surface area (Å²) in [6.45, 7) is 1.68. The molecule has 1 aliphatic heterocycles. The molecule has 4 nitrogen and oxygen atoms in total. The van der Waals surface area contributed by atoms with Crippen molar-refractivity contribution in [3.63, 3.8) is 0 Å². The maximum Gasteiger partial charge on any atom is 0.399 e. The Morgan fingerprint density at radius 3 is 2.27 bits per heavy atom. The van der Waals surface area contributed by atoms with Crippen molar-refractivity contribution in [2.24, 2.45) is 5.41 Å². The van der Waals surface area contributed by atoms with Crippen LogP contribution < -0.4 is 0 Å². The van der Waals surface area contributed by atoms with Gasteiger partial charge >= 0.3 is 10.4 Å². The fraction of sp³-hybridized carbons (Fsp3) is 0.667. The second-order valence-corrected chi connectivity index (χ2v) is 3.93. The van der Waals surface area contributed by atoms with Crippen LogP contribution in [0, 0.1) is 17.8 Å². The fourth-order valence-electron chi connectivity index (χ4n) is 0.563. The summed E-state index contributed by atoms with van der Waals surface area (Å²) in [5.41, 5.74) is -0.620. The van der Waals surface area contributed by atoms with Gasteiger partial charge in [-0.15, -0.1) is 6.42 Å². The number of hydrogen-bond acceptors (Lipinski definition) is 4. The van der Waals surface area contributed by atoms with Crippen molar-refractivity contribution < 1.29 is 16.8 Å². The van der Waals surface area contributed by atoms with Gasteiger partial charge in [-0.3, -0.25) is 0 Å². The highest BCUT2D eigenvalue weighted by Crippen LogP contribution is 2.23. The molecule has 5 heteroatoms. The average Bonchev–Trinajstić information content (AvgIpc) is 1.97. The van der Waals surface area contributed by atoms with Crippen molar-refractivity contribution in [3.05, 3.63) is 0 Å². The van der Waals surface area contributed by atoms with Gasteiger partial charge in [0.2, 0.25) is 0 Å². The molecular weight excluding hydrogens is 168 g/mol. The first-order valence-corrected chi connectivity index (χ1v) is 4.32. The standard InChI is InChI=1S/C6H8O4S/c1-3-6(2)4-9-11(7,8)10-5-6/h1H,4-5H2,2H3. The van der Waals surface area contributed by atoms with Crippen LogP contribution in [0.15, 0.2) is 0 Å². The molecule has 0 atom stereocenters. The van der Waals surface area contributed by atoms with Gasteiger partial charge in [0.1, 0.15) is 0 Å². The van der Waals surface area contributed by atoms with Gasteiger partial charge in [-0.05, 0) is 6.92 Å². The minimum Gasteiger partial charge on any atom is -0.246 e. The summed E-state index contributed by atoms with van der Waals surface area (Å²) in [5.74, 6) is 2.40. The second-order valence-electron chi connectivity index (χ2n) is 2.64. The number of terminal acetylenes is 1. The van der Waals surface area contributed by atoms with E-state index in [9.17, 15) is 8.42 Å². The van der Waals surface area contributed by atoms with Crippen molar-refractivity contribution in [2.75, 3.05) is 13.2 Å². The molecule has 1 fully saturated rings. The van der Waals surface area contributed by atoms with Gasteiger partial charge in [0, 0.05) is 0 Å². The van der Waals surface area contributed by atoms with Gasteiger partial charge in [0.05, 0.1) is 18.6 Å². The summed E-state index contributed by atoms with van der Waals surface area (Å²) in [6.07, 6.45) is 5.12. The molecule has 0 bridgehead atoms. The third-order valence-corrected chi connectivity index (χ3v) is 2.21. The summed E-state index contributed by atoms with van der Waals surface area (Å²) in [6, 6.07) is 0. The van der Waals surface area contributed by atoms with Gasteiger partial charge < -0.3 is 0 Å². The van der Waals surface area contributed by atoms with Crippen molar-refractivity contribution in [2.45, 2.75) is 6.92 Å². The summed E-state index contributed by atoms with van der Waals surface area (Å²) >= 11 is 0. The zero-order chi connectivity index (χ0) is 8.54. The molecule has 0 aromatic carbocycles. The molecule has 0 amide bonds. The first kappa shape index (κ1) is 8.53. The maximum atomic E-state index is 10.5. The minimum absolute atomic E-state index is 0.00810. The Kier molecular flexibility index (Phi) is 1.92. The quantitative estimate of drug-likeness (QED) is 0.484. The highest BCUT2D eigenvalue weighted by Gasteiger charge is 2.33. The van der Waals surface area contributed by atoms with Gasteiger partial charge in [-0.25, -0.2) is 8.37 Å². The van der Waals surface area contributed by atoms with Crippen molar-refractivity contribution in [1.82, 2.24) is 0 Å². The molecule has 11 heavy (non-hydrogen) atoms. The van der Waals surface area contributed by atoms with Crippen LogP contribution in [0.25, 0.3) is 0 Å². The zero-order valence-electron chi connectivity index (χ0n) is 6.03. The van der Waals surface area contributed by atoms with E-state index < -0.39 is 15.8 Å². The average molecular weight is 176 g/mol. The predicted molar refractivity (Wildman–Crippen MR) is 37.8 cm³/mol. The first-order chi connectivity index (χ1) is 4.97. The summed E-state index contributed by atoms with van der Waals surface area (Å²) in [4.78, 5) is 0. The Morgan fingerprint density at radius 2 is 1.91 bits per heavy atom. The summed E-state index contributed by atoms with van der Waals surface area (Å²) < 4.78 is 29.8. The lowest BCUT2D eigenvalue weighted by molar-refractivity contribution is 0.0743. The molecule has 62 valence electrons. The van der Waals surface area contributed by atoms with E-state index in [0.29, 0.717) is 0 Å². The lowest BCUT2D eigenvalue weighted by Crippen LogP contribution is -2.36. The van der Waals surface area contributed by atoms with E-state index in [2.05, 4.69) is 14.3 Å². The molecule has 0 radical (unpaired) electrons. The Hall–Kier alpha value is -0.570. The van der Waals surface area contributed by atoms with Crippen LogP contribution in [-0.4, -0.2) is 21.6 Å². The third-order valence-electron chi connectivity index (χ3n) is 1.39. The number of hydrogen-bond donors (Lipinski definition) is 0. The van der Waals surface area contributed by atoms with E-state index in [4.69, 9.17) is 6.42 Å². The van der Waals surface area contributed by atoms with E-state index >= 15 is 0 Å². The van der Waals surface area contributed by atoms with Gasteiger partial charge in [-0.1, -0.05) is 5.92 Å². The topological polar surface area (TPSA) is 52.6 Å². The smallest absolute Gasteiger partial charge is 0.246 e. The van der Waals surface area contributed by atoms with E-state index in [-0.39, 0.29) is 13.2 Å². The lowest BCUT2D eigenvalue weighted by atomic mass is 9.95. The molecule has 1 heterocycles. The molecular formula is C6H8O4S. The van der Waals surface area contributed by atoms with E-state index in [0.717, 1.165) is 0 Å². The van der Waals surface area contributed by atoms with E-state index in [1.165, 1.54) is 0 Å². The monoisotopic (exact) mass is 176 g/mol. The Bertz CT molecular complexity index is 270.